The Balaban J connectivity index is 2.83. The lowest BCUT2D eigenvalue weighted by Crippen LogP contribution is -2.33. The van der Waals surface area contributed by atoms with Crippen LogP contribution in [0.2, 0.25) is 5.02 Å². The number of thioether (sulfide) groups is 1. The fourth-order valence-corrected chi connectivity index (χ4v) is 3.33. The van der Waals surface area contributed by atoms with E-state index in [4.69, 9.17) is 17.3 Å². The van der Waals surface area contributed by atoms with E-state index >= 15 is 0 Å². The minimum Gasteiger partial charge on any atom is -0.382 e. The first-order valence-electron chi connectivity index (χ1n) is 5.29. The Bertz CT molecular complexity index is 508. The van der Waals surface area contributed by atoms with Crippen molar-refractivity contribution in [1.29, 1.82) is 0 Å². The molecular formula is C10H16ClN3O2S2. The second kappa shape index (κ2) is 6.60. The Morgan fingerprint density at radius 2 is 2.28 bits per heavy atom. The number of nitrogen functional groups attached to an aromatic ring is 1. The third kappa shape index (κ3) is 4.31. The Morgan fingerprint density at radius 1 is 1.61 bits per heavy atom. The van der Waals surface area contributed by atoms with E-state index in [0.29, 0.717) is 0 Å². The number of rotatable bonds is 6. The molecule has 1 heterocycles. The standard InChI is InChI=1S/C10H16ClN3O2S2/c1-7(3-4-17-2)14-18(15,16)8-5-9(11)10(12)13-6-8/h5-7,14H,3-4H2,1-2H3,(H2,12,13). The molecule has 0 aliphatic carbocycles. The van der Waals surface area contributed by atoms with Gasteiger partial charge in [0.2, 0.25) is 10.0 Å². The van der Waals surface area contributed by atoms with Crippen molar-refractivity contribution in [2.24, 2.45) is 0 Å². The quantitative estimate of drug-likeness (QED) is 0.836. The van der Waals surface area contributed by atoms with E-state index in [1.807, 2.05) is 13.2 Å². The molecule has 0 saturated heterocycles. The molecule has 1 aromatic heterocycles. The number of halogens is 1. The highest BCUT2D eigenvalue weighted by atomic mass is 35.5. The van der Waals surface area contributed by atoms with E-state index in [0.717, 1.165) is 12.2 Å². The summed E-state index contributed by atoms with van der Waals surface area (Å²) in [6.07, 6.45) is 3.94. The van der Waals surface area contributed by atoms with Crippen LogP contribution in [0.25, 0.3) is 0 Å². The van der Waals surface area contributed by atoms with Crippen LogP contribution in [0.15, 0.2) is 17.2 Å². The highest BCUT2D eigenvalue weighted by Crippen LogP contribution is 2.20. The molecule has 0 aliphatic heterocycles. The lowest BCUT2D eigenvalue weighted by atomic mass is 10.3. The molecule has 1 rings (SSSR count). The van der Waals surface area contributed by atoms with Gasteiger partial charge >= 0.3 is 0 Å². The monoisotopic (exact) mass is 309 g/mol. The van der Waals surface area contributed by atoms with Crippen LogP contribution in [0.4, 0.5) is 5.82 Å². The van der Waals surface area contributed by atoms with Crippen molar-refractivity contribution in [3.63, 3.8) is 0 Å². The molecule has 0 amide bonds. The van der Waals surface area contributed by atoms with Gasteiger partial charge in [-0.25, -0.2) is 18.1 Å². The zero-order valence-electron chi connectivity index (χ0n) is 10.2. The fraction of sp³-hybridized carbons (Fsp3) is 0.500. The second-order valence-corrected chi connectivity index (χ2v) is 6.95. The molecule has 3 N–H and O–H groups in total. The predicted molar refractivity (Wildman–Crippen MR) is 76.4 cm³/mol. The maximum absolute atomic E-state index is 12.0. The first-order valence-corrected chi connectivity index (χ1v) is 8.54. The first-order chi connectivity index (χ1) is 8.36. The Morgan fingerprint density at radius 3 is 2.83 bits per heavy atom. The third-order valence-electron chi connectivity index (χ3n) is 2.27. The van der Waals surface area contributed by atoms with Crippen molar-refractivity contribution in [3.8, 4) is 0 Å². The zero-order valence-corrected chi connectivity index (χ0v) is 12.6. The average Bonchev–Trinajstić information content (AvgIpc) is 2.29. The maximum Gasteiger partial charge on any atom is 0.242 e. The third-order valence-corrected chi connectivity index (χ3v) is 4.77. The van der Waals surface area contributed by atoms with Gasteiger partial charge in [0.15, 0.2) is 0 Å². The summed E-state index contributed by atoms with van der Waals surface area (Å²) in [4.78, 5) is 3.76. The van der Waals surface area contributed by atoms with Gasteiger partial charge in [-0.3, -0.25) is 0 Å². The summed E-state index contributed by atoms with van der Waals surface area (Å²) in [6.45, 7) is 1.82. The number of aromatic nitrogens is 1. The van der Waals surface area contributed by atoms with Gasteiger partial charge in [-0.15, -0.1) is 0 Å². The molecular weight excluding hydrogens is 294 g/mol. The highest BCUT2D eigenvalue weighted by Gasteiger charge is 2.18. The van der Waals surface area contributed by atoms with Crippen LogP contribution in [-0.4, -0.2) is 31.5 Å². The molecule has 5 nitrogen and oxygen atoms in total. The molecule has 102 valence electrons. The van der Waals surface area contributed by atoms with Crippen LogP contribution in [0.5, 0.6) is 0 Å². The molecule has 1 unspecified atom stereocenters. The molecule has 0 aromatic carbocycles. The fourth-order valence-electron chi connectivity index (χ4n) is 1.26. The number of sulfonamides is 1. The summed E-state index contributed by atoms with van der Waals surface area (Å²) in [7, 11) is -3.59. The van der Waals surface area contributed by atoms with Crippen molar-refractivity contribution < 1.29 is 8.42 Å². The van der Waals surface area contributed by atoms with Crippen LogP contribution in [0, 0.1) is 0 Å². The van der Waals surface area contributed by atoms with Crippen LogP contribution >= 0.6 is 23.4 Å². The van der Waals surface area contributed by atoms with E-state index in [1.165, 1.54) is 12.3 Å². The summed E-state index contributed by atoms with van der Waals surface area (Å²) < 4.78 is 26.6. The van der Waals surface area contributed by atoms with Crippen LogP contribution in [0.3, 0.4) is 0 Å². The lowest BCUT2D eigenvalue weighted by molar-refractivity contribution is 0.557. The highest BCUT2D eigenvalue weighted by molar-refractivity contribution is 7.98. The molecule has 0 aliphatic rings. The summed E-state index contributed by atoms with van der Waals surface area (Å²) in [5, 5.41) is 0.134. The van der Waals surface area contributed by atoms with E-state index in [1.54, 1.807) is 11.8 Å². The molecule has 1 atom stereocenters. The number of anilines is 1. The smallest absolute Gasteiger partial charge is 0.242 e. The second-order valence-electron chi connectivity index (χ2n) is 3.84. The SMILES string of the molecule is CSCCC(C)NS(=O)(=O)c1cnc(N)c(Cl)c1. The van der Waals surface area contributed by atoms with Crippen molar-refractivity contribution >= 4 is 39.2 Å². The van der Waals surface area contributed by atoms with Gasteiger partial charge in [0.1, 0.15) is 10.7 Å². The van der Waals surface area contributed by atoms with Crippen LogP contribution in [-0.2, 0) is 10.0 Å². The van der Waals surface area contributed by atoms with Crippen LogP contribution < -0.4 is 10.5 Å². The van der Waals surface area contributed by atoms with Gasteiger partial charge in [-0.05, 0) is 31.4 Å². The molecule has 0 saturated carbocycles. The number of nitrogens with two attached hydrogens (primary N) is 1. The topological polar surface area (TPSA) is 85.1 Å². The molecule has 1 aromatic rings. The normalized spacial score (nSPS) is 13.5. The zero-order chi connectivity index (χ0) is 13.8. The number of pyridine rings is 1. The number of hydrogen-bond acceptors (Lipinski definition) is 5. The van der Waals surface area contributed by atoms with E-state index in [-0.39, 0.29) is 21.8 Å². The molecule has 18 heavy (non-hydrogen) atoms. The van der Waals surface area contributed by atoms with Crippen molar-refractivity contribution in [3.05, 3.63) is 17.3 Å². The van der Waals surface area contributed by atoms with Gasteiger partial charge in [0.05, 0.1) is 5.02 Å². The van der Waals surface area contributed by atoms with E-state index < -0.39 is 10.0 Å². The van der Waals surface area contributed by atoms with Crippen molar-refractivity contribution in [1.82, 2.24) is 9.71 Å². The summed E-state index contributed by atoms with van der Waals surface area (Å²) in [5.74, 6) is 1.01. The first kappa shape index (κ1) is 15.6. The Labute approximate surface area is 117 Å². The molecule has 0 spiro atoms. The molecule has 8 heteroatoms. The van der Waals surface area contributed by atoms with Gasteiger partial charge in [-0.2, -0.15) is 11.8 Å². The number of hydrogen-bond donors (Lipinski definition) is 2. The molecule has 0 radical (unpaired) electrons. The van der Waals surface area contributed by atoms with Gasteiger partial charge < -0.3 is 5.73 Å². The minimum atomic E-state index is -3.59. The largest absolute Gasteiger partial charge is 0.382 e. The van der Waals surface area contributed by atoms with E-state index in [2.05, 4.69) is 9.71 Å². The molecule has 0 bridgehead atoms. The van der Waals surface area contributed by atoms with Crippen molar-refractivity contribution in [2.45, 2.75) is 24.3 Å². The minimum absolute atomic E-state index is 0.0256. The predicted octanol–water partition coefficient (Wildman–Crippen LogP) is 1.74. The van der Waals surface area contributed by atoms with Gasteiger partial charge in [0.25, 0.3) is 0 Å². The van der Waals surface area contributed by atoms with E-state index in [9.17, 15) is 8.42 Å². The Kier molecular flexibility index (Phi) is 5.71. The molecule has 0 fully saturated rings. The summed E-state index contributed by atoms with van der Waals surface area (Å²) >= 11 is 7.43. The van der Waals surface area contributed by atoms with Crippen LogP contribution in [0.1, 0.15) is 13.3 Å². The summed E-state index contributed by atoms with van der Waals surface area (Å²) in [5.41, 5.74) is 5.44. The maximum atomic E-state index is 12.0. The number of nitrogens with one attached hydrogen (secondary N) is 1. The van der Waals surface area contributed by atoms with Gasteiger partial charge in [0, 0.05) is 12.2 Å². The van der Waals surface area contributed by atoms with Gasteiger partial charge in [-0.1, -0.05) is 11.6 Å². The average molecular weight is 310 g/mol. The lowest BCUT2D eigenvalue weighted by Gasteiger charge is -2.13. The Hall–Kier alpha value is -0.500. The summed E-state index contributed by atoms with van der Waals surface area (Å²) in [6, 6.07) is 1.16. The number of nitrogens with zero attached hydrogens (tertiary/aromatic N) is 1. The van der Waals surface area contributed by atoms with Crippen molar-refractivity contribution in [2.75, 3.05) is 17.7 Å².